The third-order valence-corrected chi connectivity index (χ3v) is 3.61. The van der Waals surface area contributed by atoms with E-state index in [1.54, 1.807) is 18.2 Å². The second-order valence-electron chi connectivity index (χ2n) is 5.54. The molecule has 128 valence electrons. The second kappa shape index (κ2) is 8.01. The number of nitrogens with zero attached hydrogens (tertiary/aromatic N) is 1. The topological polar surface area (TPSA) is 87.4 Å². The lowest BCUT2D eigenvalue weighted by molar-refractivity contribution is 0.240. The van der Waals surface area contributed by atoms with Crippen molar-refractivity contribution < 1.29 is 14.3 Å². The summed E-state index contributed by atoms with van der Waals surface area (Å²) in [6.07, 6.45) is 2.18. The van der Waals surface area contributed by atoms with Crippen LogP contribution in [0, 0.1) is 0 Å². The molecule has 0 unspecified atom stereocenters. The van der Waals surface area contributed by atoms with Crippen LogP contribution >= 0.6 is 0 Å². The minimum Gasteiger partial charge on any atom is -0.508 e. The van der Waals surface area contributed by atoms with Gasteiger partial charge in [-0.15, -0.1) is 0 Å². The van der Waals surface area contributed by atoms with Crippen molar-refractivity contribution in [2.75, 3.05) is 6.54 Å². The smallest absolute Gasteiger partial charge is 0.315 e. The van der Waals surface area contributed by atoms with Crippen molar-refractivity contribution in [1.29, 1.82) is 0 Å². The zero-order valence-electron chi connectivity index (χ0n) is 13.6. The van der Waals surface area contributed by atoms with Crippen LogP contribution in [-0.4, -0.2) is 22.7 Å². The van der Waals surface area contributed by atoms with Gasteiger partial charge in [-0.2, -0.15) is 0 Å². The number of phenols is 1. The molecule has 3 rings (SSSR count). The Hall–Kier alpha value is -3.28. The number of oxazole rings is 1. The lowest BCUT2D eigenvalue weighted by Gasteiger charge is -2.06. The monoisotopic (exact) mass is 337 g/mol. The molecule has 0 fully saturated rings. The molecule has 2 aromatic carbocycles. The second-order valence-corrected chi connectivity index (χ2v) is 5.54. The van der Waals surface area contributed by atoms with Gasteiger partial charge < -0.3 is 20.2 Å². The highest BCUT2D eigenvalue weighted by molar-refractivity contribution is 5.73. The number of nitrogens with one attached hydrogen (secondary N) is 2. The van der Waals surface area contributed by atoms with Crippen molar-refractivity contribution >= 4 is 6.03 Å². The van der Waals surface area contributed by atoms with Crippen LogP contribution in [0.5, 0.6) is 5.75 Å². The van der Waals surface area contributed by atoms with E-state index < -0.39 is 0 Å². The SMILES string of the molecule is O=C(NCCc1cccc(O)c1)NCc1coc(-c2ccccc2)n1. The van der Waals surface area contributed by atoms with Crippen LogP contribution in [0.1, 0.15) is 11.3 Å². The average molecular weight is 337 g/mol. The predicted octanol–water partition coefficient (Wildman–Crippen LogP) is 3.09. The Labute approximate surface area is 145 Å². The van der Waals surface area contributed by atoms with Crippen molar-refractivity contribution in [3.63, 3.8) is 0 Å². The summed E-state index contributed by atoms with van der Waals surface area (Å²) in [7, 11) is 0. The van der Waals surface area contributed by atoms with E-state index in [9.17, 15) is 9.90 Å². The first-order valence-corrected chi connectivity index (χ1v) is 8.00. The minimum absolute atomic E-state index is 0.224. The predicted molar refractivity (Wildman–Crippen MR) is 94.0 cm³/mol. The molecule has 1 aromatic heterocycles. The highest BCUT2D eigenvalue weighted by atomic mass is 16.3. The first-order valence-electron chi connectivity index (χ1n) is 8.00. The summed E-state index contributed by atoms with van der Waals surface area (Å²) >= 11 is 0. The van der Waals surface area contributed by atoms with Crippen molar-refractivity contribution in [2.45, 2.75) is 13.0 Å². The summed E-state index contributed by atoms with van der Waals surface area (Å²) < 4.78 is 5.43. The number of urea groups is 1. The quantitative estimate of drug-likeness (QED) is 0.645. The lowest BCUT2D eigenvalue weighted by atomic mass is 10.1. The summed E-state index contributed by atoms with van der Waals surface area (Å²) in [5, 5.41) is 14.9. The maximum Gasteiger partial charge on any atom is 0.315 e. The maximum atomic E-state index is 11.8. The summed E-state index contributed by atoms with van der Waals surface area (Å²) in [5.41, 5.74) is 2.51. The number of phenolic OH excluding ortho intramolecular Hbond substituents is 1. The number of hydrogen-bond acceptors (Lipinski definition) is 4. The summed E-state index contributed by atoms with van der Waals surface area (Å²) in [6, 6.07) is 16.3. The van der Waals surface area contributed by atoms with Crippen LogP contribution in [0.25, 0.3) is 11.5 Å². The van der Waals surface area contributed by atoms with Gasteiger partial charge in [-0.1, -0.05) is 30.3 Å². The van der Waals surface area contributed by atoms with Gasteiger partial charge in [0.2, 0.25) is 5.89 Å². The van der Waals surface area contributed by atoms with Gasteiger partial charge in [-0.25, -0.2) is 9.78 Å². The largest absolute Gasteiger partial charge is 0.508 e. The van der Waals surface area contributed by atoms with Crippen LogP contribution in [0.4, 0.5) is 4.79 Å². The van der Waals surface area contributed by atoms with Crippen molar-refractivity contribution in [3.8, 4) is 17.2 Å². The first kappa shape index (κ1) is 16.6. The maximum absolute atomic E-state index is 11.8. The number of amides is 2. The van der Waals surface area contributed by atoms with E-state index in [4.69, 9.17) is 4.42 Å². The highest BCUT2D eigenvalue weighted by Gasteiger charge is 2.07. The van der Waals surface area contributed by atoms with Gasteiger partial charge in [0.25, 0.3) is 0 Å². The third kappa shape index (κ3) is 4.84. The molecule has 0 saturated heterocycles. The van der Waals surface area contributed by atoms with Crippen molar-refractivity contribution in [2.24, 2.45) is 0 Å². The van der Waals surface area contributed by atoms with E-state index >= 15 is 0 Å². The molecule has 0 atom stereocenters. The normalized spacial score (nSPS) is 10.4. The zero-order valence-corrected chi connectivity index (χ0v) is 13.6. The lowest BCUT2D eigenvalue weighted by Crippen LogP contribution is -2.36. The van der Waals surface area contributed by atoms with Crippen LogP contribution in [0.15, 0.2) is 65.3 Å². The van der Waals surface area contributed by atoms with Gasteiger partial charge in [0, 0.05) is 12.1 Å². The molecule has 3 N–H and O–H groups in total. The van der Waals surface area contributed by atoms with Crippen LogP contribution in [0.2, 0.25) is 0 Å². The Morgan fingerprint density at radius 1 is 1.08 bits per heavy atom. The third-order valence-electron chi connectivity index (χ3n) is 3.61. The Kier molecular flexibility index (Phi) is 5.31. The fourth-order valence-electron chi connectivity index (χ4n) is 2.37. The summed E-state index contributed by atoms with van der Waals surface area (Å²) in [4.78, 5) is 16.2. The molecule has 1 heterocycles. The Bertz CT molecular complexity index is 831. The molecule has 0 radical (unpaired) electrons. The molecular formula is C19H19N3O3. The molecule has 0 bridgehead atoms. The van der Waals surface area contributed by atoms with Gasteiger partial charge in [0.05, 0.1) is 12.2 Å². The van der Waals surface area contributed by atoms with E-state index in [2.05, 4.69) is 15.6 Å². The van der Waals surface area contributed by atoms with E-state index in [0.717, 1.165) is 11.1 Å². The molecule has 0 aliphatic rings. The number of benzene rings is 2. The number of rotatable bonds is 6. The molecule has 3 aromatic rings. The molecule has 0 saturated carbocycles. The van der Waals surface area contributed by atoms with Gasteiger partial charge >= 0.3 is 6.03 Å². The molecule has 0 aliphatic heterocycles. The fraction of sp³-hybridized carbons (Fsp3) is 0.158. The van der Waals surface area contributed by atoms with E-state index in [0.29, 0.717) is 24.6 Å². The molecule has 6 nitrogen and oxygen atoms in total. The van der Waals surface area contributed by atoms with Gasteiger partial charge in [0.15, 0.2) is 0 Å². The first-order chi connectivity index (χ1) is 12.2. The number of carbonyl (C=O) groups is 1. The van der Waals surface area contributed by atoms with Crippen molar-refractivity contribution in [3.05, 3.63) is 72.1 Å². The van der Waals surface area contributed by atoms with Crippen LogP contribution < -0.4 is 10.6 Å². The molecule has 2 amide bonds. The Morgan fingerprint density at radius 2 is 1.92 bits per heavy atom. The van der Waals surface area contributed by atoms with E-state index in [1.165, 1.54) is 6.26 Å². The molecule has 0 aliphatic carbocycles. The molecular weight excluding hydrogens is 318 g/mol. The van der Waals surface area contributed by atoms with Crippen LogP contribution in [-0.2, 0) is 13.0 Å². The molecule has 6 heteroatoms. The standard InChI is InChI=1S/C19H19N3O3/c23-17-8-4-5-14(11-17)9-10-20-19(24)21-12-16-13-25-18(22-16)15-6-2-1-3-7-15/h1-8,11,13,23H,9-10,12H2,(H2,20,21,24). The average Bonchev–Trinajstić information content (AvgIpc) is 3.10. The number of carbonyl (C=O) groups excluding carboxylic acids is 1. The highest BCUT2D eigenvalue weighted by Crippen LogP contribution is 2.17. The number of aromatic nitrogens is 1. The fourth-order valence-corrected chi connectivity index (χ4v) is 2.37. The number of aromatic hydroxyl groups is 1. The molecule has 25 heavy (non-hydrogen) atoms. The summed E-state index contributed by atoms with van der Waals surface area (Å²) in [6.45, 7) is 0.762. The van der Waals surface area contributed by atoms with Crippen molar-refractivity contribution in [1.82, 2.24) is 15.6 Å². The Morgan fingerprint density at radius 3 is 2.72 bits per heavy atom. The van der Waals surface area contributed by atoms with Gasteiger partial charge in [-0.3, -0.25) is 0 Å². The van der Waals surface area contributed by atoms with E-state index in [-0.39, 0.29) is 18.3 Å². The number of hydrogen-bond donors (Lipinski definition) is 3. The minimum atomic E-state index is -0.274. The molecule has 0 spiro atoms. The van der Waals surface area contributed by atoms with Gasteiger partial charge in [-0.05, 0) is 36.2 Å². The van der Waals surface area contributed by atoms with Crippen LogP contribution in [0.3, 0.4) is 0 Å². The van der Waals surface area contributed by atoms with Gasteiger partial charge in [0.1, 0.15) is 12.0 Å². The Balaban J connectivity index is 1.43. The summed E-state index contributed by atoms with van der Waals surface area (Å²) in [5.74, 6) is 0.754. The zero-order chi connectivity index (χ0) is 17.5. The van der Waals surface area contributed by atoms with E-state index in [1.807, 2.05) is 36.4 Å².